The molecule has 1 aliphatic rings. The van der Waals surface area contributed by atoms with Crippen molar-refractivity contribution in [3.8, 4) is 11.3 Å². The summed E-state index contributed by atoms with van der Waals surface area (Å²) in [6, 6.07) is 14.7. The number of aromatic nitrogens is 1. The lowest BCUT2D eigenvalue weighted by atomic mass is 10.2. The molecule has 0 saturated carbocycles. The molecule has 0 bridgehead atoms. The monoisotopic (exact) mass is 443 g/mol. The lowest BCUT2D eigenvalue weighted by molar-refractivity contribution is 0.102. The molecule has 2 amide bonds. The molecule has 2 heterocycles. The lowest BCUT2D eigenvalue weighted by Gasteiger charge is -2.12. The number of cyclic esters (lactones) is 1. The fourth-order valence-electron chi connectivity index (χ4n) is 2.70. The normalized spacial score (nSPS) is 13.5. The Morgan fingerprint density at radius 1 is 1.22 bits per heavy atom. The largest absolute Gasteiger partial charge is 0.447 e. The molecular formula is C19H14BrN3O3S. The van der Waals surface area contributed by atoms with Gasteiger partial charge in [0.1, 0.15) is 6.61 Å². The third-order valence-electron chi connectivity index (χ3n) is 4.05. The number of hydrogen-bond donors (Lipinski definition) is 1. The third kappa shape index (κ3) is 3.86. The first-order valence-electron chi connectivity index (χ1n) is 8.17. The number of anilines is 2. The standard InChI is InChI=1S/C19H14BrN3O3S/c20-14-3-1-2-13(10-14)16-11-27-18(21-16)22-17(24)12-4-6-15(7-5-12)23-8-9-26-19(23)25/h1-7,10-11H,8-9H2,(H,21,22,24). The van der Waals surface area contributed by atoms with Crippen molar-refractivity contribution in [1.29, 1.82) is 0 Å². The zero-order valence-corrected chi connectivity index (χ0v) is 16.4. The summed E-state index contributed by atoms with van der Waals surface area (Å²) in [4.78, 5) is 30.1. The molecule has 0 spiro atoms. The topological polar surface area (TPSA) is 71.5 Å². The van der Waals surface area contributed by atoms with Gasteiger partial charge in [-0.1, -0.05) is 28.1 Å². The number of nitrogens with one attached hydrogen (secondary N) is 1. The van der Waals surface area contributed by atoms with Gasteiger partial charge in [-0.05, 0) is 36.4 Å². The Hall–Kier alpha value is -2.71. The quantitative estimate of drug-likeness (QED) is 0.629. The van der Waals surface area contributed by atoms with E-state index in [-0.39, 0.29) is 12.0 Å². The summed E-state index contributed by atoms with van der Waals surface area (Å²) >= 11 is 4.81. The Kier molecular flexibility index (Phi) is 4.91. The first-order chi connectivity index (χ1) is 13.1. The van der Waals surface area contributed by atoms with Crippen molar-refractivity contribution in [3.05, 3.63) is 63.9 Å². The highest BCUT2D eigenvalue weighted by molar-refractivity contribution is 9.10. The molecule has 1 N–H and O–H groups in total. The molecular weight excluding hydrogens is 430 g/mol. The number of rotatable bonds is 4. The number of carbonyl (C=O) groups is 2. The molecule has 1 aliphatic heterocycles. The Morgan fingerprint density at radius 2 is 2.04 bits per heavy atom. The molecule has 0 unspecified atom stereocenters. The van der Waals surface area contributed by atoms with Gasteiger partial charge in [-0.25, -0.2) is 9.78 Å². The number of benzene rings is 2. The molecule has 0 radical (unpaired) electrons. The van der Waals surface area contributed by atoms with E-state index in [4.69, 9.17) is 4.74 Å². The predicted octanol–water partition coefficient (Wildman–Crippen LogP) is 4.78. The van der Waals surface area contributed by atoms with Crippen molar-refractivity contribution >= 4 is 50.1 Å². The van der Waals surface area contributed by atoms with Crippen molar-refractivity contribution in [2.45, 2.75) is 0 Å². The molecule has 8 heteroatoms. The third-order valence-corrected chi connectivity index (χ3v) is 5.30. The van der Waals surface area contributed by atoms with Crippen LogP contribution in [0.3, 0.4) is 0 Å². The van der Waals surface area contributed by atoms with Crippen LogP contribution in [0.1, 0.15) is 10.4 Å². The molecule has 0 atom stereocenters. The van der Waals surface area contributed by atoms with Crippen LogP contribution < -0.4 is 10.2 Å². The van der Waals surface area contributed by atoms with Crippen LogP contribution in [-0.4, -0.2) is 30.1 Å². The summed E-state index contributed by atoms with van der Waals surface area (Å²) in [5.41, 5.74) is 2.98. The molecule has 4 rings (SSSR count). The number of amides is 2. The highest BCUT2D eigenvalue weighted by atomic mass is 79.9. The number of halogens is 1. The van der Waals surface area contributed by atoms with Gasteiger partial charge in [0.25, 0.3) is 5.91 Å². The second-order valence-electron chi connectivity index (χ2n) is 5.82. The first kappa shape index (κ1) is 17.7. The van der Waals surface area contributed by atoms with E-state index in [1.54, 1.807) is 24.3 Å². The van der Waals surface area contributed by atoms with Gasteiger partial charge < -0.3 is 4.74 Å². The summed E-state index contributed by atoms with van der Waals surface area (Å²) in [7, 11) is 0. The van der Waals surface area contributed by atoms with Gasteiger partial charge in [0.05, 0.1) is 12.2 Å². The average Bonchev–Trinajstić information content (AvgIpc) is 3.31. The van der Waals surface area contributed by atoms with Crippen LogP contribution in [0, 0.1) is 0 Å². The number of hydrogen-bond acceptors (Lipinski definition) is 5. The van der Waals surface area contributed by atoms with Crippen molar-refractivity contribution in [1.82, 2.24) is 4.98 Å². The van der Waals surface area contributed by atoms with Crippen LogP contribution in [0.5, 0.6) is 0 Å². The summed E-state index contributed by atoms with van der Waals surface area (Å²) in [6.45, 7) is 0.896. The number of carbonyl (C=O) groups excluding carboxylic acids is 2. The van der Waals surface area contributed by atoms with Crippen molar-refractivity contribution in [2.24, 2.45) is 0 Å². The summed E-state index contributed by atoms with van der Waals surface area (Å²) in [5, 5.41) is 5.24. The van der Waals surface area contributed by atoms with Crippen LogP contribution in [0.25, 0.3) is 11.3 Å². The maximum Gasteiger partial charge on any atom is 0.414 e. The van der Waals surface area contributed by atoms with E-state index in [9.17, 15) is 9.59 Å². The van der Waals surface area contributed by atoms with E-state index in [1.807, 2.05) is 29.6 Å². The number of ether oxygens (including phenoxy) is 1. The highest BCUT2D eigenvalue weighted by Gasteiger charge is 2.23. The van der Waals surface area contributed by atoms with Gasteiger partial charge in [-0.2, -0.15) is 0 Å². The fraction of sp³-hybridized carbons (Fsp3) is 0.105. The van der Waals surface area contributed by atoms with Gasteiger partial charge >= 0.3 is 6.09 Å². The summed E-state index contributed by atoms with van der Waals surface area (Å²) in [5.74, 6) is -0.249. The minimum absolute atomic E-state index is 0.249. The Bertz CT molecular complexity index is 1000. The first-order valence-corrected chi connectivity index (χ1v) is 9.84. The van der Waals surface area contributed by atoms with E-state index >= 15 is 0 Å². The predicted molar refractivity (Wildman–Crippen MR) is 108 cm³/mol. The van der Waals surface area contributed by atoms with Crippen LogP contribution in [0.15, 0.2) is 58.4 Å². The molecule has 1 saturated heterocycles. The minimum Gasteiger partial charge on any atom is -0.447 e. The van der Waals surface area contributed by atoms with Crippen LogP contribution >= 0.6 is 27.3 Å². The molecule has 27 heavy (non-hydrogen) atoms. The van der Waals surface area contributed by atoms with Crippen molar-refractivity contribution < 1.29 is 14.3 Å². The molecule has 6 nitrogen and oxygen atoms in total. The van der Waals surface area contributed by atoms with Gasteiger partial charge in [-0.3, -0.25) is 15.0 Å². The smallest absolute Gasteiger partial charge is 0.414 e. The molecule has 1 aromatic heterocycles. The van der Waals surface area contributed by atoms with Gasteiger partial charge in [0, 0.05) is 26.7 Å². The maximum atomic E-state index is 12.5. The Labute approximate surface area is 167 Å². The van der Waals surface area contributed by atoms with E-state index in [0.717, 1.165) is 15.7 Å². The van der Waals surface area contributed by atoms with E-state index < -0.39 is 0 Å². The number of thiazole rings is 1. The second kappa shape index (κ2) is 7.50. The zero-order valence-electron chi connectivity index (χ0n) is 14.0. The van der Waals surface area contributed by atoms with Gasteiger partial charge in [-0.15, -0.1) is 11.3 Å². The number of nitrogens with zero attached hydrogens (tertiary/aromatic N) is 2. The maximum absolute atomic E-state index is 12.5. The van der Waals surface area contributed by atoms with Crippen LogP contribution in [-0.2, 0) is 4.74 Å². The van der Waals surface area contributed by atoms with Crippen molar-refractivity contribution in [3.63, 3.8) is 0 Å². The van der Waals surface area contributed by atoms with Gasteiger partial charge in [0.2, 0.25) is 0 Å². The van der Waals surface area contributed by atoms with Crippen molar-refractivity contribution in [2.75, 3.05) is 23.4 Å². The molecule has 136 valence electrons. The summed E-state index contributed by atoms with van der Waals surface area (Å²) in [6.07, 6.45) is -0.366. The molecule has 1 fully saturated rings. The SMILES string of the molecule is O=C(Nc1nc(-c2cccc(Br)c2)cs1)c1ccc(N2CCOC2=O)cc1. The van der Waals surface area contributed by atoms with Gasteiger partial charge in [0.15, 0.2) is 5.13 Å². The Balaban J connectivity index is 1.45. The van der Waals surface area contributed by atoms with Crippen LogP contribution in [0.4, 0.5) is 15.6 Å². The van der Waals surface area contributed by atoms with E-state index in [2.05, 4.69) is 26.2 Å². The molecule has 2 aromatic carbocycles. The second-order valence-corrected chi connectivity index (χ2v) is 7.59. The average molecular weight is 444 g/mol. The lowest BCUT2D eigenvalue weighted by Crippen LogP contribution is -2.23. The fourth-order valence-corrected chi connectivity index (χ4v) is 3.82. The zero-order chi connectivity index (χ0) is 18.8. The minimum atomic E-state index is -0.366. The summed E-state index contributed by atoms with van der Waals surface area (Å²) < 4.78 is 5.89. The molecule has 0 aliphatic carbocycles. The highest BCUT2D eigenvalue weighted by Crippen LogP contribution is 2.27. The Morgan fingerprint density at radius 3 is 2.74 bits per heavy atom. The van der Waals surface area contributed by atoms with E-state index in [0.29, 0.717) is 29.5 Å². The van der Waals surface area contributed by atoms with Crippen LogP contribution in [0.2, 0.25) is 0 Å². The van der Waals surface area contributed by atoms with E-state index in [1.165, 1.54) is 16.2 Å². The molecule has 3 aromatic rings.